The summed E-state index contributed by atoms with van der Waals surface area (Å²) in [6, 6.07) is 5.78. The van der Waals surface area contributed by atoms with Crippen molar-refractivity contribution in [2.45, 2.75) is 18.7 Å². The standard InChI is InChI=1S/C10H10Br2O/c1-2-10(13)8-3-7(6-11)4-9(12)5-8/h3-5H,2,6H2,1H3. The van der Waals surface area contributed by atoms with Crippen LogP contribution in [0.15, 0.2) is 22.7 Å². The molecule has 0 unspecified atom stereocenters. The Morgan fingerprint density at radius 2 is 2.08 bits per heavy atom. The van der Waals surface area contributed by atoms with Crippen LogP contribution < -0.4 is 0 Å². The Hall–Kier alpha value is -0.150. The molecule has 0 aliphatic carbocycles. The largest absolute Gasteiger partial charge is 0.294 e. The second-order valence-electron chi connectivity index (χ2n) is 2.76. The lowest BCUT2D eigenvalue weighted by Crippen LogP contribution is -1.97. The molecule has 0 saturated carbocycles. The Bertz CT molecular complexity index is 321. The first-order chi connectivity index (χ1) is 6.17. The molecule has 1 aromatic carbocycles. The van der Waals surface area contributed by atoms with Gasteiger partial charge in [-0.05, 0) is 23.8 Å². The average Bonchev–Trinajstić information content (AvgIpc) is 2.15. The Kier molecular flexibility index (Phi) is 4.13. The highest BCUT2D eigenvalue weighted by molar-refractivity contribution is 9.10. The van der Waals surface area contributed by atoms with Gasteiger partial charge in [-0.3, -0.25) is 4.79 Å². The molecule has 0 bridgehead atoms. The quantitative estimate of drug-likeness (QED) is 0.611. The first-order valence-corrected chi connectivity index (χ1v) is 5.97. The average molecular weight is 306 g/mol. The Labute approximate surface area is 94.8 Å². The highest BCUT2D eigenvalue weighted by atomic mass is 79.9. The number of Topliss-reactive ketones (excluding diaryl/α,β-unsaturated/α-hetero) is 1. The van der Waals surface area contributed by atoms with Crippen LogP contribution in [-0.2, 0) is 5.33 Å². The molecular formula is C10H10Br2O. The Morgan fingerprint density at radius 1 is 1.38 bits per heavy atom. The monoisotopic (exact) mass is 304 g/mol. The van der Waals surface area contributed by atoms with Crippen molar-refractivity contribution in [3.8, 4) is 0 Å². The Morgan fingerprint density at radius 3 is 2.62 bits per heavy atom. The third-order valence-corrected chi connectivity index (χ3v) is 2.86. The van der Waals surface area contributed by atoms with Crippen LogP contribution in [0.5, 0.6) is 0 Å². The first kappa shape index (κ1) is 10.9. The highest BCUT2D eigenvalue weighted by Crippen LogP contribution is 2.18. The van der Waals surface area contributed by atoms with Crippen LogP contribution in [0.2, 0.25) is 0 Å². The Balaban J connectivity index is 3.08. The van der Waals surface area contributed by atoms with Crippen LogP contribution in [0.3, 0.4) is 0 Å². The topological polar surface area (TPSA) is 17.1 Å². The molecule has 0 radical (unpaired) electrons. The minimum Gasteiger partial charge on any atom is -0.294 e. The second-order valence-corrected chi connectivity index (χ2v) is 4.23. The summed E-state index contributed by atoms with van der Waals surface area (Å²) in [4.78, 5) is 11.4. The van der Waals surface area contributed by atoms with Crippen molar-refractivity contribution in [1.29, 1.82) is 0 Å². The first-order valence-electron chi connectivity index (χ1n) is 4.06. The maximum atomic E-state index is 11.4. The number of hydrogen-bond donors (Lipinski definition) is 0. The van der Waals surface area contributed by atoms with Crippen molar-refractivity contribution < 1.29 is 4.79 Å². The van der Waals surface area contributed by atoms with Gasteiger partial charge in [0.1, 0.15) is 0 Å². The summed E-state index contributed by atoms with van der Waals surface area (Å²) in [7, 11) is 0. The van der Waals surface area contributed by atoms with Gasteiger partial charge in [-0.2, -0.15) is 0 Å². The van der Waals surface area contributed by atoms with E-state index in [1.165, 1.54) is 0 Å². The number of carbonyl (C=O) groups excluding carboxylic acids is 1. The van der Waals surface area contributed by atoms with Crippen molar-refractivity contribution in [2.75, 3.05) is 0 Å². The van der Waals surface area contributed by atoms with E-state index < -0.39 is 0 Å². The summed E-state index contributed by atoms with van der Waals surface area (Å²) in [5.74, 6) is 0.184. The molecule has 0 fully saturated rings. The molecule has 1 aromatic rings. The maximum Gasteiger partial charge on any atom is 0.162 e. The highest BCUT2D eigenvalue weighted by Gasteiger charge is 2.05. The molecule has 0 heterocycles. The summed E-state index contributed by atoms with van der Waals surface area (Å²) in [6.45, 7) is 1.87. The zero-order valence-corrected chi connectivity index (χ0v) is 10.5. The number of carbonyl (C=O) groups is 1. The van der Waals surface area contributed by atoms with E-state index in [9.17, 15) is 4.79 Å². The van der Waals surface area contributed by atoms with Crippen LogP contribution in [-0.4, -0.2) is 5.78 Å². The van der Waals surface area contributed by atoms with Gasteiger partial charge >= 0.3 is 0 Å². The van der Waals surface area contributed by atoms with Gasteiger partial charge in [-0.1, -0.05) is 38.8 Å². The van der Waals surface area contributed by atoms with E-state index in [0.29, 0.717) is 6.42 Å². The van der Waals surface area contributed by atoms with Crippen molar-refractivity contribution in [3.63, 3.8) is 0 Å². The fraction of sp³-hybridized carbons (Fsp3) is 0.300. The van der Waals surface area contributed by atoms with E-state index in [4.69, 9.17) is 0 Å². The third-order valence-electron chi connectivity index (χ3n) is 1.75. The van der Waals surface area contributed by atoms with E-state index in [-0.39, 0.29) is 5.78 Å². The minimum atomic E-state index is 0.184. The lowest BCUT2D eigenvalue weighted by atomic mass is 10.1. The number of alkyl halides is 1. The fourth-order valence-electron chi connectivity index (χ4n) is 1.09. The van der Waals surface area contributed by atoms with Crippen molar-refractivity contribution in [3.05, 3.63) is 33.8 Å². The van der Waals surface area contributed by atoms with Crippen LogP contribution in [0.4, 0.5) is 0 Å². The molecule has 0 aromatic heterocycles. The molecule has 0 amide bonds. The van der Waals surface area contributed by atoms with E-state index in [1.807, 2.05) is 25.1 Å². The lowest BCUT2D eigenvalue weighted by Gasteiger charge is -2.02. The lowest BCUT2D eigenvalue weighted by molar-refractivity contribution is 0.0988. The molecule has 1 nitrogen and oxygen atoms in total. The van der Waals surface area contributed by atoms with E-state index >= 15 is 0 Å². The van der Waals surface area contributed by atoms with Crippen molar-refractivity contribution in [1.82, 2.24) is 0 Å². The molecule has 0 N–H and O–H groups in total. The van der Waals surface area contributed by atoms with Gasteiger partial charge in [0.25, 0.3) is 0 Å². The summed E-state index contributed by atoms with van der Waals surface area (Å²) in [6.07, 6.45) is 0.554. The van der Waals surface area contributed by atoms with Gasteiger partial charge in [0.15, 0.2) is 5.78 Å². The van der Waals surface area contributed by atoms with Gasteiger partial charge in [0, 0.05) is 21.8 Å². The van der Waals surface area contributed by atoms with Crippen molar-refractivity contribution >= 4 is 37.6 Å². The van der Waals surface area contributed by atoms with Gasteiger partial charge in [0.05, 0.1) is 0 Å². The van der Waals surface area contributed by atoms with Crippen molar-refractivity contribution in [2.24, 2.45) is 0 Å². The molecule has 3 heteroatoms. The van der Waals surface area contributed by atoms with Crippen LogP contribution in [0.1, 0.15) is 29.3 Å². The summed E-state index contributed by atoms with van der Waals surface area (Å²) >= 11 is 6.74. The maximum absolute atomic E-state index is 11.4. The molecule has 1 rings (SSSR count). The molecular weight excluding hydrogens is 296 g/mol. The number of rotatable bonds is 3. The molecule has 0 aliphatic rings. The third kappa shape index (κ3) is 2.92. The number of benzene rings is 1. The number of ketones is 1. The molecule has 13 heavy (non-hydrogen) atoms. The van der Waals surface area contributed by atoms with Gasteiger partial charge in [-0.15, -0.1) is 0 Å². The zero-order chi connectivity index (χ0) is 9.84. The van der Waals surface area contributed by atoms with Crippen LogP contribution >= 0.6 is 31.9 Å². The van der Waals surface area contributed by atoms with Crippen LogP contribution in [0, 0.1) is 0 Å². The van der Waals surface area contributed by atoms with E-state index in [0.717, 1.165) is 20.9 Å². The smallest absolute Gasteiger partial charge is 0.162 e. The SMILES string of the molecule is CCC(=O)c1cc(Br)cc(CBr)c1. The predicted octanol–water partition coefficient (Wildman–Crippen LogP) is 3.94. The fourth-order valence-corrected chi connectivity index (χ4v) is 1.96. The molecule has 0 atom stereocenters. The molecule has 0 aliphatic heterocycles. The number of halogens is 2. The molecule has 0 spiro atoms. The summed E-state index contributed by atoms with van der Waals surface area (Å²) < 4.78 is 0.959. The van der Waals surface area contributed by atoms with Gasteiger partial charge in [0.2, 0.25) is 0 Å². The normalized spacial score (nSPS) is 10.1. The number of hydrogen-bond acceptors (Lipinski definition) is 1. The zero-order valence-electron chi connectivity index (χ0n) is 7.31. The molecule has 70 valence electrons. The van der Waals surface area contributed by atoms with Crippen LogP contribution in [0.25, 0.3) is 0 Å². The summed E-state index contributed by atoms with van der Waals surface area (Å²) in [5, 5.41) is 0.774. The van der Waals surface area contributed by atoms with Gasteiger partial charge < -0.3 is 0 Å². The van der Waals surface area contributed by atoms with E-state index in [2.05, 4.69) is 31.9 Å². The van der Waals surface area contributed by atoms with E-state index in [1.54, 1.807) is 0 Å². The summed E-state index contributed by atoms with van der Waals surface area (Å²) in [5.41, 5.74) is 1.90. The predicted molar refractivity (Wildman–Crippen MR) is 61.4 cm³/mol. The minimum absolute atomic E-state index is 0.184. The second kappa shape index (κ2) is 4.91. The van der Waals surface area contributed by atoms with Gasteiger partial charge in [-0.25, -0.2) is 0 Å². The molecule has 0 saturated heterocycles.